The Morgan fingerprint density at radius 2 is 2.27 bits per heavy atom. The van der Waals surface area contributed by atoms with Gasteiger partial charge in [0.2, 0.25) is 0 Å². The van der Waals surface area contributed by atoms with Crippen LogP contribution in [0, 0.1) is 17.2 Å². The van der Waals surface area contributed by atoms with Crippen molar-refractivity contribution in [2.75, 3.05) is 0 Å². The fourth-order valence-electron chi connectivity index (χ4n) is 1.21. The zero-order chi connectivity index (χ0) is 11.4. The number of aromatic nitrogens is 2. The summed E-state index contributed by atoms with van der Waals surface area (Å²) in [7, 11) is 0. The first-order chi connectivity index (χ1) is 7.04. The maximum absolute atomic E-state index is 11.6. The third-order valence-electron chi connectivity index (χ3n) is 2.16. The van der Waals surface area contributed by atoms with Gasteiger partial charge in [-0.05, 0) is 20.8 Å². The van der Waals surface area contributed by atoms with E-state index in [0.29, 0.717) is 5.56 Å². The van der Waals surface area contributed by atoms with Gasteiger partial charge in [0.1, 0.15) is 0 Å². The Morgan fingerprint density at radius 1 is 1.60 bits per heavy atom. The predicted octanol–water partition coefficient (Wildman–Crippen LogP) is 2.20. The summed E-state index contributed by atoms with van der Waals surface area (Å²) in [6.07, 6.45) is 3.56. The van der Waals surface area contributed by atoms with E-state index in [1.807, 2.05) is 19.9 Å². The van der Waals surface area contributed by atoms with Gasteiger partial charge in [-0.15, -0.1) is 0 Å². The first kappa shape index (κ1) is 11.4. The molecule has 15 heavy (non-hydrogen) atoms. The van der Waals surface area contributed by atoms with Crippen LogP contribution in [0.1, 0.15) is 43.6 Å². The number of hydrogen-bond donors (Lipinski definition) is 0. The Bertz CT molecular complexity index is 387. The molecule has 0 N–H and O–H groups in total. The van der Waals surface area contributed by atoms with E-state index in [-0.39, 0.29) is 24.2 Å². The summed E-state index contributed by atoms with van der Waals surface area (Å²) in [6, 6.07) is 2.30. The Hall–Kier alpha value is -1.63. The summed E-state index contributed by atoms with van der Waals surface area (Å²) in [5.74, 6) is -0.254. The molecule has 4 nitrogen and oxygen atoms in total. The minimum Gasteiger partial charge on any atom is -0.294 e. The number of carbonyl (C=O) groups excluding carboxylic acids is 1. The molecule has 1 atom stereocenters. The van der Waals surface area contributed by atoms with Gasteiger partial charge in [0.25, 0.3) is 0 Å². The molecule has 0 amide bonds. The minimum absolute atomic E-state index is 0.0176. The van der Waals surface area contributed by atoms with E-state index in [0.717, 1.165) is 0 Å². The number of rotatable bonds is 4. The molecule has 4 heteroatoms. The number of nitrogens with zero attached hydrogens (tertiary/aromatic N) is 3. The third kappa shape index (κ3) is 2.91. The highest BCUT2D eigenvalue weighted by molar-refractivity contribution is 5.95. The second-order valence-corrected chi connectivity index (χ2v) is 3.96. The molecule has 0 radical (unpaired) electrons. The minimum atomic E-state index is -0.236. The van der Waals surface area contributed by atoms with Crippen molar-refractivity contribution in [3.8, 4) is 6.07 Å². The zero-order valence-corrected chi connectivity index (χ0v) is 9.27. The first-order valence-corrected chi connectivity index (χ1v) is 5.01. The Kier molecular flexibility index (Phi) is 3.62. The van der Waals surface area contributed by atoms with Gasteiger partial charge in [-0.25, -0.2) is 0 Å². The number of hydrogen-bond acceptors (Lipinski definition) is 3. The predicted molar refractivity (Wildman–Crippen MR) is 56.3 cm³/mol. The average molecular weight is 205 g/mol. The highest BCUT2D eigenvalue weighted by atomic mass is 16.1. The second kappa shape index (κ2) is 4.74. The fourth-order valence-corrected chi connectivity index (χ4v) is 1.21. The highest BCUT2D eigenvalue weighted by Crippen LogP contribution is 2.10. The SMILES string of the molecule is CC(C#N)CC(=O)c1cnn(C(C)C)c1. The van der Waals surface area contributed by atoms with Gasteiger partial charge in [0.05, 0.1) is 23.7 Å². The van der Waals surface area contributed by atoms with Crippen molar-refractivity contribution < 1.29 is 4.79 Å². The number of nitriles is 1. The second-order valence-electron chi connectivity index (χ2n) is 3.96. The average Bonchev–Trinajstić information content (AvgIpc) is 2.66. The van der Waals surface area contributed by atoms with Gasteiger partial charge in [-0.2, -0.15) is 10.4 Å². The summed E-state index contributed by atoms with van der Waals surface area (Å²) < 4.78 is 1.74. The van der Waals surface area contributed by atoms with Gasteiger partial charge < -0.3 is 0 Å². The molecule has 0 aliphatic rings. The van der Waals surface area contributed by atoms with Crippen molar-refractivity contribution in [2.24, 2.45) is 5.92 Å². The monoisotopic (exact) mass is 205 g/mol. The molecule has 0 aliphatic heterocycles. The molecule has 0 fully saturated rings. The molecule has 80 valence electrons. The molecule has 1 unspecified atom stereocenters. The Labute approximate surface area is 89.5 Å². The van der Waals surface area contributed by atoms with Gasteiger partial charge in [0, 0.05) is 18.7 Å². The molecule has 1 heterocycles. The zero-order valence-electron chi connectivity index (χ0n) is 9.27. The molecule has 0 bridgehead atoms. The highest BCUT2D eigenvalue weighted by Gasteiger charge is 2.13. The smallest absolute Gasteiger partial charge is 0.167 e. The van der Waals surface area contributed by atoms with Crippen LogP contribution >= 0.6 is 0 Å². The van der Waals surface area contributed by atoms with Crippen LogP contribution in [0.15, 0.2) is 12.4 Å². The summed E-state index contributed by atoms with van der Waals surface area (Å²) in [4.78, 5) is 11.6. The van der Waals surface area contributed by atoms with E-state index in [1.165, 1.54) is 0 Å². The molecule has 1 aromatic heterocycles. The van der Waals surface area contributed by atoms with Crippen molar-refractivity contribution in [1.82, 2.24) is 9.78 Å². The first-order valence-electron chi connectivity index (χ1n) is 5.01. The molecule has 0 saturated heterocycles. The van der Waals surface area contributed by atoms with Gasteiger partial charge in [0.15, 0.2) is 5.78 Å². The summed E-state index contributed by atoms with van der Waals surface area (Å²) in [5, 5.41) is 12.7. The maximum atomic E-state index is 11.6. The third-order valence-corrected chi connectivity index (χ3v) is 2.16. The topological polar surface area (TPSA) is 58.7 Å². The molecule has 0 saturated carbocycles. The van der Waals surface area contributed by atoms with Gasteiger partial charge in [-0.1, -0.05) is 0 Å². The van der Waals surface area contributed by atoms with Crippen LogP contribution in [-0.4, -0.2) is 15.6 Å². The standard InChI is InChI=1S/C11H15N3O/c1-8(2)14-7-10(6-13-14)11(15)4-9(3)5-12/h6-9H,4H2,1-3H3. The lowest BCUT2D eigenvalue weighted by molar-refractivity contribution is 0.0972. The van der Waals surface area contributed by atoms with Crippen LogP contribution in [0.3, 0.4) is 0 Å². The van der Waals surface area contributed by atoms with E-state index in [1.54, 1.807) is 24.0 Å². The van der Waals surface area contributed by atoms with Gasteiger partial charge in [-0.3, -0.25) is 9.48 Å². The molecule has 0 spiro atoms. The Morgan fingerprint density at radius 3 is 2.73 bits per heavy atom. The van der Waals surface area contributed by atoms with E-state index >= 15 is 0 Å². The quantitative estimate of drug-likeness (QED) is 0.708. The van der Waals surface area contributed by atoms with E-state index < -0.39 is 0 Å². The van der Waals surface area contributed by atoms with Crippen molar-refractivity contribution >= 4 is 5.78 Å². The van der Waals surface area contributed by atoms with Crippen LogP contribution in [0.4, 0.5) is 0 Å². The summed E-state index contributed by atoms with van der Waals surface area (Å²) in [6.45, 7) is 5.74. The van der Waals surface area contributed by atoms with Gasteiger partial charge >= 0.3 is 0 Å². The van der Waals surface area contributed by atoms with Crippen LogP contribution in [0.25, 0.3) is 0 Å². The van der Waals surface area contributed by atoms with Crippen LogP contribution in [0.5, 0.6) is 0 Å². The van der Waals surface area contributed by atoms with Crippen molar-refractivity contribution in [3.63, 3.8) is 0 Å². The molecule has 0 aromatic carbocycles. The number of carbonyl (C=O) groups is 1. The summed E-state index contributed by atoms with van der Waals surface area (Å²) >= 11 is 0. The van der Waals surface area contributed by atoms with Crippen LogP contribution in [-0.2, 0) is 0 Å². The van der Waals surface area contributed by atoms with E-state index in [2.05, 4.69) is 5.10 Å². The lowest BCUT2D eigenvalue weighted by atomic mass is 10.0. The van der Waals surface area contributed by atoms with E-state index in [4.69, 9.17) is 5.26 Å². The van der Waals surface area contributed by atoms with E-state index in [9.17, 15) is 4.79 Å². The van der Waals surface area contributed by atoms with Crippen LogP contribution in [0.2, 0.25) is 0 Å². The lowest BCUT2D eigenvalue weighted by Crippen LogP contribution is -2.04. The largest absolute Gasteiger partial charge is 0.294 e. The van der Waals surface area contributed by atoms with Crippen molar-refractivity contribution in [1.29, 1.82) is 5.26 Å². The molecule has 1 rings (SSSR count). The molecule has 1 aromatic rings. The summed E-state index contributed by atoms with van der Waals surface area (Å²) in [5.41, 5.74) is 0.589. The van der Waals surface area contributed by atoms with Crippen LogP contribution < -0.4 is 0 Å². The lowest BCUT2D eigenvalue weighted by Gasteiger charge is -2.03. The normalized spacial score (nSPS) is 12.5. The number of Topliss-reactive ketones (excluding diaryl/α,β-unsaturated/α-hetero) is 1. The Balaban J connectivity index is 2.71. The fraction of sp³-hybridized carbons (Fsp3) is 0.545. The van der Waals surface area contributed by atoms with Crippen molar-refractivity contribution in [2.45, 2.75) is 33.2 Å². The maximum Gasteiger partial charge on any atom is 0.167 e. The number of ketones is 1. The molecular weight excluding hydrogens is 190 g/mol. The van der Waals surface area contributed by atoms with Crippen molar-refractivity contribution in [3.05, 3.63) is 18.0 Å². The molecular formula is C11H15N3O. The molecule has 0 aliphatic carbocycles.